The molecule has 0 bridgehead atoms. The van der Waals surface area contributed by atoms with Gasteiger partial charge in [-0.2, -0.15) is 0 Å². The number of carbonyl (C=O) groups excluding carboxylic acids is 1. The molecule has 1 amide bonds. The van der Waals surface area contributed by atoms with E-state index in [1.54, 1.807) is 23.5 Å². The number of aromatic nitrogens is 4. The van der Waals surface area contributed by atoms with Crippen LogP contribution in [0.15, 0.2) is 29.8 Å². The Morgan fingerprint density at radius 1 is 1.28 bits per heavy atom. The van der Waals surface area contributed by atoms with E-state index in [0.29, 0.717) is 23.3 Å². The lowest BCUT2D eigenvalue weighted by molar-refractivity contribution is 0.100. The monoisotopic (exact) mass is 412 g/mol. The molecule has 0 aliphatic carbocycles. The highest BCUT2D eigenvalue weighted by Crippen LogP contribution is 2.34. The summed E-state index contributed by atoms with van der Waals surface area (Å²) in [5.74, 6) is 1.39. The molecule has 1 N–H and O–H groups in total. The normalized spacial score (nSPS) is 21.0. The Morgan fingerprint density at radius 3 is 2.93 bits per heavy atom. The van der Waals surface area contributed by atoms with Gasteiger partial charge in [0.05, 0.1) is 11.2 Å². The number of amides is 1. The molecule has 0 unspecified atom stereocenters. The van der Waals surface area contributed by atoms with Crippen LogP contribution in [0.2, 0.25) is 0 Å². The van der Waals surface area contributed by atoms with Crippen LogP contribution in [0.4, 0.5) is 10.1 Å². The predicted molar refractivity (Wildman–Crippen MR) is 107 cm³/mol. The molecule has 4 heterocycles. The molecule has 5 rings (SSSR count). The molecule has 2 atom stereocenters. The predicted octanol–water partition coefficient (Wildman–Crippen LogP) is 2.74. The summed E-state index contributed by atoms with van der Waals surface area (Å²) in [6.07, 6.45) is 0.823. The zero-order valence-electron chi connectivity index (χ0n) is 16.0. The van der Waals surface area contributed by atoms with Gasteiger partial charge < -0.3 is 9.88 Å². The number of nitrogens with one attached hydrogen (secondary N) is 1. The van der Waals surface area contributed by atoms with Gasteiger partial charge in [-0.1, -0.05) is 6.07 Å². The highest BCUT2D eigenvalue weighted by molar-refractivity contribution is 7.09. The number of thiazole rings is 1. The Kier molecular flexibility index (Phi) is 4.63. The highest BCUT2D eigenvalue weighted by Gasteiger charge is 2.39. The number of hydrogen-bond acceptors (Lipinski definition) is 6. The first kappa shape index (κ1) is 18.4. The number of likely N-dealkylation sites (tertiary alicyclic amines) is 1. The van der Waals surface area contributed by atoms with Gasteiger partial charge in [-0.25, -0.2) is 9.37 Å². The topological polar surface area (TPSA) is 75.9 Å². The summed E-state index contributed by atoms with van der Waals surface area (Å²) >= 11 is 1.71. The van der Waals surface area contributed by atoms with E-state index in [1.165, 1.54) is 17.0 Å². The van der Waals surface area contributed by atoms with Crippen LogP contribution in [-0.4, -0.2) is 43.6 Å². The molecule has 0 spiro atoms. The smallest absolute Gasteiger partial charge is 0.293 e. The lowest BCUT2D eigenvalue weighted by Crippen LogP contribution is -2.31. The van der Waals surface area contributed by atoms with E-state index in [1.807, 2.05) is 10.1 Å². The molecule has 29 heavy (non-hydrogen) atoms. The number of hydrogen-bond donors (Lipinski definition) is 1. The number of fused-ring (bicyclic) bond motifs is 2. The zero-order valence-corrected chi connectivity index (χ0v) is 16.8. The number of halogens is 1. The molecule has 7 nitrogen and oxygen atoms in total. The van der Waals surface area contributed by atoms with Crippen molar-refractivity contribution in [2.24, 2.45) is 11.8 Å². The quantitative estimate of drug-likeness (QED) is 0.713. The van der Waals surface area contributed by atoms with Gasteiger partial charge in [-0.05, 0) is 37.0 Å². The third-order valence-electron chi connectivity index (χ3n) is 5.84. The van der Waals surface area contributed by atoms with Gasteiger partial charge in [0.2, 0.25) is 5.82 Å². The van der Waals surface area contributed by atoms with E-state index in [2.05, 4.69) is 32.3 Å². The summed E-state index contributed by atoms with van der Waals surface area (Å²) in [5, 5.41) is 11.1. The summed E-state index contributed by atoms with van der Waals surface area (Å²) in [7, 11) is 0. The van der Waals surface area contributed by atoms with E-state index in [-0.39, 0.29) is 5.91 Å². The average molecular weight is 412 g/mol. The zero-order chi connectivity index (χ0) is 20.0. The molecule has 1 fully saturated rings. The number of nitrogens with zero attached hydrogens (tertiary/aromatic N) is 5. The standard InChI is InChI=1S/C20H21FN6OS/c1-12-17(29-11-22-12)10-26-7-13-5-18-24-25-19(27(18)9-14(13)8-26)20(28)23-16-4-2-3-15(21)6-16/h2-4,6,11,13-14H,5,7-10H2,1H3,(H,23,28)/t13-,14-/m0/s1. The molecule has 9 heteroatoms. The van der Waals surface area contributed by atoms with Crippen LogP contribution >= 0.6 is 11.3 Å². The summed E-state index contributed by atoms with van der Waals surface area (Å²) in [5.41, 5.74) is 3.42. The molecule has 0 radical (unpaired) electrons. The van der Waals surface area contributed by atoms with Crippen molar-refractivity contribution in [2.75, 3.05) is 18.4 Å². The minimum Gasteiger partial charge on any atom is -0.319 e. The van der Waals surface area contributed by atoms with Crippen molar-refractivity contribution in [1.29, 1.82) is 0 Å². The van der Waals surface area contributed by atoms with Gasteiger partial charge in [-0.15, -0.1) is 21.5 Å². The van der Waals surface area contributed by atoms with Crippen molar-refractivity contribution < 1.29 is 9.18 Å². The second-order valence-corrected chi connectivity index (χ2v) is 8.73. The van der Waals surface area contributed by atoms with Crippen molar-refractivity contribution >= 4 is 22.9 Å². The van der Waals surface area contributed by atoms with Gasteiger partial charge in [0.15, 0.2) is 0 Å². The van der Waals surface area contributed by atoms with Gasteiger partial charge in [0.1, 0.15) is 11.6 Å². The van der Waals surface area contributed by atoms with Crippen LogP contribution in [0.5, 0.6) is 0 Å². The van der Waals surface area contributed by atoms with E-state index < -0.39 is 5.82 Å². The fourth-order valence-corrected chi connectivity index (χ4v) is 5.17. The fraction of sp³-hybridized carbons (Fsp3) is 0.400. The van der Waals surface area contributed by atoms with E-state index >= 15 is 0 Å². The number of benzene rings is 1. The van der Waals surface area contributed by atoms with Gasteiger partial charge in [0.25, 0.3) is 5.91 Å². The minimum absolute atomic E-state index is 0.291. The highest BCUT2D eigenvalue weighted by atomic mass is 32.1. The Labute approximate surface area is 171 Å². The molecule has 150 valence electrons. The second kappa shape index (κ2) is 7.31. The molecule has 3 aromatic rings. The Bertz CT molecular complexity index is 1060. The third kappa shape index (κ3) is 3.56. The summed E-state index contributed by atoms with van der Waals surface area (Å²) < 4.78 is 15.3. The number of carbonyl (C=O) groups is 1. The van der Waals surface area contributed by atoms with E-state index in [4.69, 9.17) is 0 Å². The molecule has 1 saturated heterocycles. The average Bonchev–Trinajstić information content (AvgIpc) is 3.38. The summed E-state index contributed by atoms with van der Waals surface area (Å²) in [6.45, 7) is 5.73. The van der Waals surface area contributed by atoms with Crippen LogP contribution in [0.3, 0.4) is 0 Å². The maximum absolute atomic E-state index is 13.4. The first-order chi connectivity index (χ1) is 14.1. The van der Waals surface area contributed by atoms with Crippen LogP contribution < -0.4 is 5.32 Å². The molecular weight excluding hydrogens is 391 g/mol. The molecule has 2 aromatic heterocycles. The third-order valence-corrected chi connectivity index (χ3v) is 6.76. The number of rotatable bonds is 4. The summed E-state index contributed by atoms with van der Waals surface area (Å²) in [4.78, 5) is 20.8. The molecule has 1 aromatic carbocycles. The first-order valence-electron chi connectivity index (χ1n) is 9.67. The second-order valence-electron chi connectivity index (χ2n) is 7.79. The number of aryl methyl sites for hydroxylation is 1. The molecule has 0 saturated carbocycles. The lowest BCUT2D eigenvalue weighted by Gasteiger charge is -2.25. The first-order valence-corrected chi connectivity index (χ1v) is 10.5. The van der Waals surface area contributed by atoms with Crippen LogP contribution in [-0.2, 0) is 19.5 Å². The van der Waals surface area contributed by atoms with Gasteiger partial charge in [-0.3, -0.25) is 9.69 Å². The van der Waals surface area contributed by atoms with Gasteiger partial charge >= 0.3 is 0 Å². The van der Waals surface area contributed by atoms with Crippen LogP contribution in [0.25, 0.3) is 0 Å². The van der Waals surface area contributed by atoms with Crippen molar-refractivity contribution in [3.05, 3.63) is 57.8 Å². The maximum Gasteiger partial charge on any atom is 0.293 e. The number of anilines is 1. The van der Waals surface area contributed by atoms with Crippen molar-refractivity contribution in [2.45, 2.75) is 26.4 Å². The van der Waals surface area contributed by atoms with E-state index in [9.17, 15) is 9.18 Å². The summed E-state index contributed by atoms with van der Waals surface area (Å²) in [6, 6.07) is 5.85. The van der Waals surface area contributed by atoms with Crippen LogP contribution in [0.1, 0.15) is 27.0 Å². The van der Waals surface area contributed by atoms with Gasteiger partial charge in [0, 0.05) is 43.2 Å². The Morgan fingerprint density at radius 2 is 2.14 bits per heavy atom. The van der Waals surface area contributed by atoms with Crippen molar-refractivity contribution in [3.8, 4) is 0 Å². The van der Waals surface area contributed by atoms with Crippen LogP contribution in [0, 0.1) is 24.6 Å². The largest absolute Gasteiger partial charge is 0.319 e. The SMILES string of the molecule is Cc1ncsc1CN1C[C@@H]2Cc3nnc(C(=O)Nc4cccc(F)c4)n3C[C@@H]2C1. The fourth-order valence-electron chi connectivity index (χ4n) is 4.35. The van der Waals surface area contributed by atoms with Crippen molar-refractivity contribution in [1.82, 2.24) is 24.6 Å². The molecule has 2 aliphatic rings. The van der Waals surface area contributed by atoms with Crippen molar-refractivity contribution in [3.63, 3.8) is 0 Å². The Balaban J connectivity index is 1.29. The maximum atomic E-state index is 13.4. The molecular formula is C20H21FN6OS. The Hall–Kier alpha value is -2.65. The lowest BCUT2D eigenvalue weighted by atomic mass is 9.89. The van der Waals surface area contributed by atoms with E-state index in [0.717, 1.165) is 44.1 Å². The minimum atomic E-state index is -0.392. The molecule has 2 aliphatic heterocycles.